The minimum atomic E-state index is -1.00. The van der Waals surface area contributed by atoms with E-state index in [1.54, 1.807) is 24.1 Å². The Morgan fingerprint density at radius 2 is 2.32 bits per heavy atom. The highest BCUT2D eigenvalue weighted by atomic mass is 16.4. The molecule has 1 aliphatic heterocycles. The molecule has 0 saturated carbocycles. The normalized spacial score (nSPS) is 18.5. The maximum atomic E-state index is 12.0. The summed E-state index contributed by atoms with van der Waals surface area (Å²) in [4.78, 5) is 24.6. The van der Waals surface area contributed by atoms with Gasteiger partial charge in [-0.2, -0.15) is 0 Å². The molecule has 1 aromatic rings. The molecule has 1 fully saturated rings. The third-order valence-electron chi connectivity index (χ3n) is 3.29. The lowest BCUT2D eigenvalue weighted by atomic mass is 10.1. The summed E-state index contributed by atoms with van der Waals surface area (Å²) in [6, 6.07) is 4.72. The van der Waals surface area contributed by atoms with Crippen LogP contribution in [-0.4, -0.2) is 30.6 Å². The van der Waals surface area contributed by atoms with Crippen LogP contribution in [0.15, 0.2) is 30.9 Å². The van der Waals surface area contributed by atoms with Gasteiger partial charge in [-0.3, -0.25) is 4.79 Å². The van der Waals surface area contributed by atoms with Crippen LogP contribution < -0.4 is 10.2 Å². The number of carbonyl (C=O) groups excluding carboxylic acids is 1. The summed E-state index contributed by atoms with van der Waals surface area (Å²) in [5.41, 5.74) is 1.52. The monoisotopic (exact) mass is 260 g/mol. The molecule has 0 aromatic heterocycles. The number of carboxylic acid groups (broad SMARTS) is 1. The van der Waals surface area contributed by atoms with Crippen molar-refractivity contribution in [2.75, 3.05) is 23.8 Å². The zero-order valence-corrected chi connectivity index (χ0v) is 10.7. The van der Waals surface area contributed by atoms with E-state index in [1.807, 2.05) is 0 Å². The van der Waals surface area contributed by atoms with E-state index in [0.29, 0.717) is 18.7 Å². The number of hydrogen-bond acceptors (Lipinski definition) is 3. The zero-order chi connectivity index (χ0) is 14.0. The van der Waals surface area contributed by atoms with Crippen LogP contribution in [-0.2, 0) is 4.79 Å². The minimum absolute atomic E-state index is 0.0102. The second kappa shape index (κ2) is 5.14. The summed E-state index contributed by atoms with van der Waals surface area (Å²) in [6.07, 6.45) is 2.18. The van der Waals surface area contributed by atoms with Crippen LogP contribution in [0.5, 0.6) is 0 Å². The van der Waals surface area contributed by atoms with Crippen LogP contribution in [0.1, 0.15) is 16.8 Å². The number of carbonyl (C=O) groups is 2. The van der Waals surface area contributed by atoms with Crippen molar-refractivity contribution in [2.24, 2.45) is 5.92 Å². The highest BCUT2D eigenvalue weighted by Crippen LogP contribution is 2.32. The number of nitrogens with one attached hydrogen (secondary N) is 1. The van der Waals surface area contributed by atoms with Crippen molar-refractivity contribution in [1.29, 1.82) is 0 Å². The van der Waals surface area contributed by atoms with Gasteiger partial charge in [-0.15, -0.1) is 6.58 Å². The lowest BCUT2D eigenvalue weighted by molar-refractivity contribution is -0.117. The van der Waals surface area contributed by atoms with Crippen LogP contribution in [0.25, 0.3) is 0 Å². The van der Waals surface area contributed by atoms with Crippen molar-refractivity contribution in [3.63, 3.8) is 0 Å². The van der Waals surface area contributed by atoms with E-state index in [2.05, 4.69) is 11.9 Å². The number of anilines is 2. The van der Waals surface area contributed by atoms with Crippen molar-refractivity contribution in [3.05, 3.63) is 36.4 Å². The van der Waals surface area contributed by atoms with Gasteiger partial charge < -0.3 is 15.3 Å². The summed E-state index contributed by atoms with van der Waals surface area (Å²) in [6.45, 7) is 4.25. The first-order chi connectivity index (χ1) is 9.06. The van der Waals surface area contributed by atoms with E-state index in [0.717, 1.165) is 5.69 Å². The van der Waals surface area contributed by atoms with E-state index in [4.69, 9.17) is 5.11 Å². The maximum Gasteiger partial charge on any atom is 0.335 e. The number of benzene rings is 1. The molecule has 19 heavy (non-hydrogen) atoms. The standard InChI is InChI=1S/C14H16N2O3/c1-3-9-6-13(17)16(8-9)12-7-10(14(18)19)4-5-11(12)15-2/h3-5,7,9,15H,1,6,8H2,2H3,(H,18,19). The van der Waals surface area contributed by atoms with Gasteiger partial charge in [0.1, 0.15) is 0 Å². The largest absolute Gasteiger partial charge is 0.478 e. The summed E-state index contributed by atoms with van der Waals surface area (Å²) in [5.74, 6) is -0.898. The van der Waals surface area contributed by atoms with Gasteiger partial charge in [0.25, 0.3) is 0 Å². The lowest BCUT2D eigenvalue weighted by Gasteiger charge is -2.20. The SMILES string of the molecule is C=CC1CC(=O)N(c2cc(C(=O)O)ccc2NC)C1. The van der Waals surface area contributed by atoms with Gasteiger partial charge in [-0.1, -0.05) is 6.08 Å². The lowest BCUT2D eigenvalue weighted by Crippen LogP contribution is -2.25. The predicted molar refractivity (Wildman–Crippen MR) is 73.6 cm³/mol. The van der Waals surface area contributed by atoms with Gasteiger partial charge in [-0.25, -0.2) is 4.79 Å². The predicted octanol–water partition coefficient (Wildman–Crippen LogP) is 1.97. The molecule has 1 unspecified atom stereocenters. The van der Waals surface area contributed by atoms with Gasteiger partial charge >= 0.3 is 5.97 Å². The fourth-order valence-corrected chi connectivity index (χ4v) is 2.23. The molecule has 1 aromatic carbocycles. The third-order valence-corrected chi connectivity index (χ3v) is 3.29. The van der Waals surface area contributed by atoms with Crippen molar-refractivity contribution in [2.45, 2.75) is 6.42 Å². The third kappa shape index (κ3) is 2.45. The Hall–Kier alpha value is -2.30. The van der Waals surface area contributed by atoms with Crippen molar-refractivity contribution >= 4 is 23.3 Å². The Labute approximate surface area is 111 Å². The first-order valence-electron chi connectivity index (χ1n) is 6.04. The van der Waals surface area contributed by atoms with E-state index < -0.39 is 5.97 Å². The van der Waals surface area contributed by atoms with E-state index in [-0.39, 0.29) is 17.4 Å². The number of rotatable bonds is 4. The summed E-state index contributed by atoms with van der Waals surface area (Å²) in [7, 11) is 1.74. The first kappa shape index (κ1) is 13.1. The number of aromatic carboxylic acids is 1. The molecule has 2 rings (SSSR count). The Kier molecular flexibility index (Phi) is 3.55. The molecular weight excluding hydrogens is 244 g/mol. The van der Waals surface area contributed by atoms with Crippen LogP contribution in [0, 0.1) is 5.92 Å². The summed E-state index contributed by atoms with van der Waals surface area (Å²) in [5, 5.41) is 12.0. The maximum absolute atomic E-state index is 12.0. The van der Waals surface area contributed by atoms with Gasteiger partial charge in [0.05, 0.1) is 16.9 Å². The molecule has 1 heterocycles. The highest BCUT2D eigenvalue weighted by molar-refractivity contribution is 6.01. The molecule has 5 heteroatoms. The molecule has 1 amide bonds. The number of hydrogen-bond donors (Lipinski definition) is 2. The van der Waals surface area contributed by atoms with E-state index in [9.17, 15) is 9.59 Å². The second-order valence-electron chi connectivity index (χ2n) is 4.49. The van der Waals surface area contributed by atoms with Crippen molar-refractivity contribution in [1.82, 2.24) is 0 Å². The Balaban J connectivity index is 2.42. The Morgan fingerprint density at radius 3 is 2.84 bits per heavy atom. The number of amides is 1. The summed E-state index contributed by atoms with van der Waals surface area (Å²) < 4.78 is 0. The van der Waals surface area contributed by atoms with Gasteiger partial charge in [0.15, 0.2) is 0 Å². The van der Waals surface area contributed by atoms with Crippen LogP contribution in [0.3, 0.4) is 0 Å². The quantitative estimate of drug-likeness (QED) is 0.812. The summed E-state index contributed by atoms with van der Waals surface area (Å²) >= 11 is 0. The van der Waals surface area contributed by atoms with Crippen molar-refractivity contribution in [3.8, 4) is 0 Å². The molecule has 0 radical (unpaired) electrons. The molecule has 1 saturated heterocycles. The van der Waals surface area contributed by atoms with Gasteiger partial charge in [0, 0.05) is 25.9 Å². The molecule has 1 aliphatic rings. The topological polar surface area (TPSA) is 69.6 Å². The molecule has 0 spiro atoms. The smallest absolute Gasteiger partial charge is 0.335 e. The zero-order valence-electron chi connectivity index (χ0n) is 10.7. The fraction of sp³-hybridized carbons (Fsp3) is 0.286. The minimum Gasteiger partial charge on any atom is -0.478 e. The molecular formula is C14H16N2O3. The second-order valence-corrected chi connectivity index (χ2v) is 4.49. The fourth-order valence-electron chi connectivity index (χ4n) is 2.23. The Morgan fingerprint density at radius 1 is 1.58 bits per heavy atom. The van der Waals surface area contributed by atoms with Crippen LogP contribution in [0.2, 0.25) is 0 Å². The van der Waals surface area contributed by atoms with Crippen molar-refractivity contribution < 1.29 is 14.7 Å². The van der Waals surface area contributed by atoms with Crippen LogP contribution >= 0.6 is 0 Å². The Bertz CT molecular complexity index is 539. The number of carboxylic acids is 1. The highest BCUT2D eigenvalue weighted by Gasteiger charge is 2.30. The van der Waals surface area contributed by atoms with Crippen LogP contribution in [0.4, 0.5) is 11.4 Å². The molecule has 0 aliphatic carbocycles. The molecule has 5 nitrogen and oxygen atoms in total. The average Bonchev–Trinajstić information content (AvgIpc) is 2.79. The molecule has 2 N–H and O–H groups in total. The van der Waals surface area contributed by atoms with Gasteiger partial charge in [-0.05, 0) is 18.2 Å². The first-order valence-corrected chi connectivity index (χ1v) is 6.04. The van der Waals surface area contributed by atoms with E-state index in [1.165, 1.54) is 12.1 Å². The number of nitrogens with zero attached hydrogens (tertiary/aromatic N) is 1. The van der Waals surface area contributed by atoms with Gasteiger partial charge in [0.2, 0.25) is 5.91 Å². The molecule has 100 valence electrons. The average molecular weight is 260 g/mol. The molecule has 0 bridgehead atoms. The molecule has 1 atom stereocenters. The van der Waals surface area contributed by atoms with E-state index >= 15 is 0 Å².